The molecule has 1 N–H and O–H groups in total. The van der Waals surface area contributed by atoms with Crippen molar-refractivity contribution in [2.24, 2.45) is 4.99 Å². The average Bonchev–Trinajstić information content (AvgIpc) is 3.59. The highest BCUT2D eigenvalue weighted by atomic mass is 32.2. The van der Waals surface area contributed by atoms with Gasteiger partial charge in [0.15, 0.2) is 5.17 Å². The van der Waals surface area contributed by atoms with Gasteiger partial charge in [-0.25, -0.2) is 4.99 Å². The minimum atomic E-state index is -0.464. The van der Waals surface area contributed by atoms with Crippen molar-refractivity contribution in [3.8, 4) is 11.5 Å². The van der Waals surface area contributed by atoms with E-state index in [1.165, 1.54) is 11.8 Å². The first kappa shape index (κ1) is 25.0. The zero-order valence-electron chi connectivity index (χ0n) is 21.2. The molecule has 5 rings (SSSR count). The molecule has 0 radical (unpaired) electrons. The van der Waals surface area contributed by atoms with Gasteiger partial charge in [0.1, 0.15) is 11.5 Å². The summed E-state index contributed by atoms with van der Waals surface area (Å²) in [6.45, 7) is 3.45. The largest absolute Gasteiger partial charge is 0.497 e. The number of hydrogen-bond donors (Lipinski definition) is 1. The van der Waals surface area contributed by atoms with Crippen LogP contribution in [-0.2, 0) is 9.59 Å². The number of aliphatic imine (C=N–C) groups is 1. The van der Waals surface area contributed by atoms with Crippen LogP contribution < -0.4 is 14.8 Å². The summed E-state index contributed by atoms with van der Waals surface area (Å²) in [5.74, 6) is 1.26. The van der Waals surface area contributed by atoms with Gasteiger partial charge in [-0.2, -0.15) is 0 Å². The Morgan fingerprint density at radius 2 is 1.78 bits per heavy atom. The number of rotatable bonds is 7. The number of amidine groups is 1. The normalized spacial score (nSPS) is 18.8. The summed E-state index contributed by atoms with van der Waals surface area (Å²) in [6, 6.07) is 14.4. The van der Waals surface area contributed by atoms with Gasteiger partial charge in [-0.15, -0.1) is 0 Å². The van der Waals surface area contributed by atoms with Gasteiger partial charge in [0.05, 0.1) is 38.0 Å². The van der Waals surface area contributed by atoms with Gasteiger partial charge in [0.2, 0.25) is 5.91 Å². The fourth-order valence-electron chi connectivity index (χ4n) is 4.89. The van der Waals surface area contributed by atoms with Crippen LogP contribution in [0.1, 0.15) is 37.8 Å². The highest BCUT2D eigenvalue weighted by Crippen LogP contribution is 2.45. The Morgan fingerprint density at radius 1 is 1.05 bits per heavy atom. The first-order chi connectivity index (χ1) is 18.0. The first-order valence-corrected chi connectivity index (χ1v) is 13.2. The molecular formula is C28H30N4O4S. The van der Waals surface area contributed by atoms with Crippen molar-refractivity contribution in [3.63, 3.8) is 0 Å². The van der Waals surface area contributed by atoms with Crippen LogP contribution >= 0.6 is 11.8 Å². The third-order valence-corrected chi connectivity index (χ3v) is 7.68. The Hall–Kier alpha value is -3.72. The lowest BCUT2D eigenvalue weighted by Gasteiger charge is -2.37. The predicted octanol–water partition coefficient (Wildman–Crippen LogP) is 4.93. The topological polar surface area (TPSA) is 83.5 Å². The molecule has 1 fully saturated rings. The van der Waals surface area contributed by atoms with E-state index >= 15 is 0 Å². The third kappa shape index (κ3) is 5.09. The van der Waals surface area contributed by atoms with Crippen LogP contribution in [0.25, 0.3) is 0 Å². The number of nitrogens with zero attached hydrogens (tertiary/aromatic N) is 3. The molecule has 3 aliphatic heterocycles. The number of nitrogens with one attached hydrogen (secondary N) is 1. The molecule has 0 aliphatic carbocycles. The number of anilines is 1. The summed E-state index contributed by atoms with van der Waals surface area (Å²) >= 11 is 1.49. The fourth-order valence-corrected chi connectivity index (χ4v) is 5.86. The number of hydrogen-bond acceptors (Lipinski definition) is 7. The minimum Gasteiger partial charge on any atom is -0.497 e. The quantitative estimate of drug-likeness (QED) is 0.560. The molecular weight excluding hydrogens is 488 g/mol. The molecule has 0 saturated carbocycles. The maximum atomic E-state index is 13.8. The van der Waals surface area contributed by atoms with Crippen LogP contribution in [0.15, 0.2) is 75.9 Å². The standard InChI is InChI=1S/C28H30N4O4S/c1-18-25(27(34)30-20-9-11-22(35-2)12-10-20)26(19-7-6-8-23(15-19)36-3)32-21(17-37-28(32)29-18)16-24(33)31-13-4-5-14-31/h6-12,15,17,26H,4-5,13-14,16H2,1-3H3,(H,30,34). The molecule has 1 unspecified atom stereocenters. The summed E-state index contributed by atoms with van der Waals surface area (Å²) in [5, 5.41) is 5.76. The molecule has 3 aliphatic rings. The lowest BCUT2D eigenvalue weighted by molar-refractivity contribution is -0.129. The van der Waals surface area contributed by atoms with Crippen LogP contribution in [0.3, 0.4) is 0 Å². The third-order valence-electron chi connectivity index (χ3n) is 6.79. The van der Waals surface area contributed by atoms with Crippen LogP contribution in [0.4, 0.5) is 5.69 Å². The number of ether oxygens (including phenoxy) is 2. The minimum absolute atomic E-state index is 0.102. The molecule has 2 amide bonds. The van der Waals surface area contributed by atoms with Gasteiger partial charge < -0.3 is 24.6 Å². The molecule has 37 heavy (non-hydrogen) atoms. The lowest BCUT2D eigenvalue weighted by Crippen LogP contribution is -2.39. The summed E-state index contributed by atoms with van der Waals surface area (Å²) in [6.07, 6.45) is 2.35. The number of carbonyl (C=O) groups excluding carboxylic acids is 2. The Morgan fingerprint density at radius 3 is 2.49 bits per heavy atom. The molecule has 8 nitrogen and oxygen atoms in total. The molecule has 1 atom stereocenters. The number of benzene rings is 2. The van der Waals surface area contributed by atoms with Gasteiger partial charge >= 0.3 is 0 Å². The fraction of sp³-hybridized carbons (Fsp3) is 0.321. The molecule has 0 bridgehead atoms. The summed E-state index contributed by atoms with van der Waals surface area (Å²) in [4.78, 5) is 35.6. The van der Waals surface area contributed by atoms with E-state index in [2.05, 4.69) is 5.32 Å². The molecule has 192 valence electrons. The summed E-state index contributed by atoms with van der Waals surface area (Å²) in [7, 11) is 3.22. The molecule has 0 aromatic heterocycles. The van der Waals surface area contributed by atoms with Crippen molar-refractivity contribution < 1.29 is 19.1 Å². The molecule has 2 aromatic rings. The van der Waals surface area contributed by atoms with Crippen molar-refractivity contribution in [3.05, 3.63) is 76.5 Å². The van der Waals surface area contributed by atoms with E-state index in [1.807, 2.05) is 46.4 Å². The number of carbonyl (C=O) groups is 2. The van der Waals surface area contributed by atoms with E-state index < -0.39 is 6.04 Å². The van der Waals surface area contributed by atoms with E-state index in [0.717, 1.165) is 42.4 Å². The predicted molar refractivity (Wildman–Crippen MR) is 145 cm³/mol. The molecule has 1 saturated heterocycles. The second-order valence-corrected chi connectivity index (χ2v) is 9.95. The molecule has 0 spiro atoms. The first-order valence-electron chi connectivity index (χ1n) is 12.3. The van der Waals surface area contributed by atoms with Gasteiger partial charge in [0, 0.05) is 24.5 Å². The molecule has 3 heterocycles. The van der Waals surface area contributed by atoms with Gasteiger partial charge in [-0.1, -0.05) is 23.9 Å². The van der Waals surface area contributed by atoms with Crippen molar-refractivity contribution >= 4 is 34.4 Å². The number of amides is 2. The van der Waals surface area contributed by atoms with E-state index in [-0.39, 0.29) is 18.2 Å². The summed E-state index contributed by atoms with van der Waals surface area (Å²) in [5.41, 5.74) is 3.54. The van der Waals surface area contributed by atoms with Crippen molar-refractivity contribution in [1.29, 1.82) is 0 Å². The number of fused-ring (bicyclic) bond motifs is 1. The SMILES string of the molecule is COc1ccc(NC(=O)C2=C(C)N=C3SC=C(CC(=O)N4CCCC4)N3C2c2cccc(OC)c2)cc1. The zero-order chi connectivity index (χ0) is 25.9. The second kappa shape index (κ2) is 10.7. The summed E-state index contributed by atoms with van der Waals surface area (Å²) < 4.78 is 10.7. The number of methoxy groups -OCH3 is 2. The monoisotopic (exact) mass is 518 g/mol. The van der Waals surface area contributed by atoms with Crippen molar-refractivity contribution in [2.45, 2.75) is 32.2 Å². The average molecular weight is 519 g/mol. The molecule has 9 heteroatoms. The van der Waals surface area contributed by atoms with Gasteiger partial charge in [-0.05, 0) is 67.1 Å². The van der Waals surface area contributed by atoms with E-state index in [1.54, 1.807) is 38.5 Å². The van der Waals surface area contributed by atoms with Gasteiger partial charge in [-0.3, -0.25) is 9.59 Å². The maximum Gasteiger partial charge on any atom is 0.255 e. The van der Waals surface area contributed by atoms with Crippen LogP contribution in [-0.4, -0.2) is 54.1 Å². The van der Waals surface area contributed by atoms with Crippen LogP contribution in [0.5, 0.6) is 11.5 Å². The van der Waals surface area contributed by atoms with E-state index in [4.69, 9.17) is 14.5 Å². The second-order valence-electron chi connectivity index (χ2n) is 9.12. The number of allylic oxidation sites excluding steroid dienone is 1. The lowest BCUT2D eigenvalue weighted by atomic mass is 9.93. The Labute approximate surface area is 221 Å². The van der Waals surface area contributed by atoms with E-state index in [0.29, 0.717) is 28.5 Å². The zero-order valence-corrected chi connectivity index (χ0v) is 22.0. The van der Waals surface area contributed by atoms with Crippen LogP contribution in [0, 0.1) is 0 Å². The highest BCUT2D eigenvalue weighted by Gasteiger charge is 2.41. The van der Waals surface area contributed by atoms with Crippen molar-refractivity contribution in [1.82, 2.24) is 9.80 Å². The van der Waals surface area contributed by atoms with E-state index in [9.17, 15) is 9.59 Å². The Balaban J connectivity index is 1.50. The number of likely N-dealkylation sites (tertiary alicyclic amines) is 1. The highest BCUT2D eigenvalue weighted by molar-refractivity contribution is 8.16. The molecule has 2 aromatic carbocycles. The Kier molecular flexibility index (Phi) is 7.23. The maximum absolute atomic E-state index is 13.8. The number of thioether (sulfide) groups is 1. The smallest absolute Gasteiger partial charge is 0.255 e. The Bertz CT molecular complexity index is 1300. The van der Waals surface area contributed by atoms with Gasteiger partial charge in [0.25, 0.3) is 5.91 Å². The van der Waals surface area contributed by atoms with Crippen LogP contribution in [0.2, 0.25) is 0 Å². The van der Waals surface area contributed by atoms with Crippen molar-refractivity contribution in [2.75, 3.05) is 32.6 Å².